The number of hydrogen-bond acceptors (Lipinski definition) is 6. The van der Waals surface area contributed by atoms with Crippen LogP contribution in [0.3, 0.4) is 0 Å². The summed E-state index contributed by atoms with van der Waals surface area (Å²) in [6.45, 7) is 0.181. The number of anilines is 2. The van der Waals surface area contributed by atoms with Crippen molar-refractivity contribution in [2.75, 3.05) is 38.5 Å². The van der Waals surface area contributed by atoms with E-state index in [0.29, 0.717) is 28.3 Å². The van der Waals surface area contributed by atoms with Crippen molar-refractivity contribution in [3.05, 3.63) is 89.6 Å². The molecule has 174 valence electrons. The third-order valence-electron chi connectivity index (χ3n) is 5.68. The van der Waals surface area contributed by atoms with E-state index in [1.165, 1.54) is 12.0 Å². The maximum absolute atomic E-state index is 13.5. The van der Waals surface area contributed by atoms with Gasteiger partial charge in [0.25, 0.3) is 11.8 Å². The van der Waals surface area contributed by atoms with Crippen LogP contribution in [0.25, 0.3) is 5.57 Å². The molecule has 2 amide bonds. The number of methoxy groups -OCH3 is 2. The van der Waals surface area contributed by atoms with Crippen molar-refractivity contribution >= 4 is 28.8 Å². The Bertz CT molecular complexity index is 1230. The number of rotatable bonds is 8. The van der Waals surface area contributed by atoms with Gasteiger partial charge in [-0.2, -0.15) is 0 Å². The second kappa shape index (κ2) is 9.70. The summed E-state index contributed by atoms with van der Waals surface area (Å²) in [6.07, 6.45) is 0. The lowest BCUT2D eigenvalue weighted by atomic mass is 10.0. The van der Waals surface area contributed by atoms with Crippen molar-refractivity contribution in [1.82, 2.24) is 4.90 Å². The van der Waals surface area contributed by atoms with Crippen LogP contribution in [0.1, 0.15) is 11.1 Å². The molecule has 3 aromatic rings. The topological polar surface area (TPSA) is 71.1 Å². The fourth-order valence-corrected chi connectivity index (χ4v) is 3.85. The molecule has 0 radical (unpaired) electrons. The quantitative estimate of drug-likeness (QED) is 0.512. The lowest BCUT2D eigenvalue weighted by molar-refractivity contribution is -0.137. The van der Waals surface area contributed by atoms with Crippen LogP contribution in [0.15, 0.2) is 78.5 Å². The van der Waals surface area contributed by atoms with Crippen molar-refractivity contribution in [3.63, 3.8) is 0 Å². The molecule has 0 bridgehead atoms. The summed E-state index contributed by atoms with van der Waals surface area (Å²) in [5.74, 6) is 0.270. The number of amides is 2. The van der Waals surface area contributed by atoms with E-state index in [1.807, 2.05) is 73.6 Å². The van der Waals surface area contributed by atoms with Gasteiger partial charge in [0.05, 0.1) is 26.3 Å². The Morgan fingerprint density at radius 1 is 0.824 bits per heavy atom. The highest BCUT2D eigenvalue weighted by Crippen LogP contribution is 2.36. The van der Waals surface area contributed by atoms with Gasteiger partial charge >= 0.3 is 0 Å². The molecule has 0 unspecified atom stereocenters. The monoisotopic (exact) mass is 457 g/mol. The Morgan fingerprint density at radius 3 is 2.12 bits per heavy atom. The van der Waals surface area contributed by atoms with Crippen molar-refractivity contribution in [2.45, 2.75) is 6.54 Å². The van der Waals surface area contributed by atoms with Crippen molar-refractivity contribution in [1.29, 1.82) is 0 Å². The van der Waals surface area contributed by atoms with Gasteiger partial charge in [0, 0.05) is 25.5 Å². The zero-order valence-corrected chi connectivity index (χ0v) is 19.7. The van der Waals surface area contributed by atoms with Gasteiger partial charge in [-0.05, 0) is 47.5 Å². The zero-order chi connectivity index (χ0) is 24.2. The van der Waals surface area contributed by atoms with Crippen LogP contribution in [0, 0.1) is 0 Å². The molecule has 0 saturated heterocycles. The van der Waals surface area contributed by atoms with Crippen LogP contribution < -0.4 is 19.7 Å². The molecule has 34 heavy (non-hydrogen) atoms. The number of nitrogens with one attached hydrogen (secondary N) is 1. The van der Waals surface area contributed by atoms with E-state index >= 15 is 0 Å². The van der Waals surface area contributed by atoms with Crippen LogP contribution in [-0.4, -0.2) is 45.0 Å². The van der Waals surface area contributed by atoms with E-state index in [-0.39, 0.29) is 24.1 Å². The predicted molar refractivity (Wildman–Crippen MR) is 133 cm³/mol. The molecule has 3 aromatic carbocycles. The SMILES string of the molecule is COc1ccc(C2=C(Nc3ccc(N(C)C)cc3)C(=O)N(Cc3ccccc3)C2=O)cc1OC. The highest BCUT2D eigenvalue weighted by molar-refractivity contribution is 6.36. The number of hydrogen-bond donors (Lipinski definition) is 1. The summed E-state index contributed by atoms with van der Waals surface area (Å²) in [7, 11) is 7.00. The molecule has 7 nitrogen and oxygen atoms in total. The van der Waals surface area contributed by atoms with E-state index in [1.54, 1.807) is 25.3 Å². The third kappa shape index (κ3) is 4.45. The Morgan fingerprint density at radius 2 is 1.50 bits per heavy atom. The molecular weight excluding hydrogens is 430 g/mol. The summed E-state index contributed by atoms with van der Waals surface area (Å²) >= 11 is 0. The van der Waals surface area contributed by atoms with Gasteiger partial charge in [0.1, 0.15) is 5.70 Å². The van der Waals surface area contributed by atoms with Gasteiger partial charge in [-0.3, -0.25) is 14.5 Å². The van der Waals surface area contributed by atoms with Crippen LogP contribution in [0.4, 0.5) is 11.4 Å². The summed E-state index contributed by atoms with van der Waals surface area (Å²) in [4.78, 5) is 30.3. The fourth-order valence-electron chi connectivity index (χ4n) is 3.85. The number of carbonyl (C=O) groups is 2. The van der Waals surface area contributed by atoms with Gasteiger partial charge < -0.3 is 19.7 Å². The molecule has 1 N–H and O–H groups in total. The minimum absolute atomic E-state index is 0.181. The molecule has 0 saturated carbocycles. The van der Waals surface area contributed by atoms with Gasteiger partial charge in [-0.1, -0.05) is 36.4 Å². The highest BCUT2D eigenvalue weighted by atomic mass is 16.5. The minimum Gasteiger partial charge on any atom is -0.493 e. The van der Waals surface area contributed by atoms with E-state index in [9.17, 15) is 9.59 Å². The zero-order valence-electron chi connectivity index (χ0n) is 19.7. The Kier molecular flexibility index (Phi) is 6.54. The first-order valence-electron chi connectivity index (χ1n) is 10.8. The summed E-state index contributed by atoms with van der Waals surface area (Å²) in [6, 6.07) is 22.3. The largest absolute Gasteiger partial charge is 0.493 e. The normalized spacial score (nSPS) is 13.4. The van der Waals surface area contributed by atoms with E-state index < -0.39 is 0 Å². The first-order valence-corrected chi connectivity index (χ1v) is 10.8. The van der Waals surface area contributed by atoms with E-state index in [0.717, 1.165) is 11.3 Å². The van der Waals surface area contributed by atoms with Crippen molar-refractivity contribution in [2.24, 2.45) is 0 Å². The maximum Gasteiger partial charge on any atom is 0.278 e. The van der Waals surface area contributed by atoms with Crippen LogP contribution >= 0.6 is 0 Å². The van der Waals surface area contributed by atoms with E-state index in [4.69, 9.17) is 9.47 Å². The Labute approximate surface area is 199 Å². The highest BCUT2D eigenvalue weighted by Gasteiger charge is 2.39. The molecule has 1 aliphatic heterocycles. The number of carbonyl (C=O) groups excluding carboxylic acids is 2. The first kappa shape index (κ1) is 22.9. The number of imide groups is 1. The van der Waals surface area contributed by atoms with E-state index in [2.05, 4.69) is 5.32 Å². The third-order valence-corrected chi connectivity index (χ3v) is 5.68. The number of nitrogens with zero attached hydrogens (tertiary/aromatic N) is 2. The van der Waals surface area contributed by atoms with Gasteiger partial charge in [0.15, 0.2) is 11.5 Å². The predicted octanol–water partition coefficient (Wildman–Crippen LogP) is 4.16. The molecule has 0 aliphatic carbocycles. The Hall–Kier alpha value is -4.26. The summed E-state index contributed by atoms with van der Waals surface area (Å²) in [5, 5.41) is 3.19. The molecular formula is C27H27N3O4. The smallest absolute Gasteiger partial charge is 0.278 e. The average molecular weight is 458 g/mol. The second-order valence-electron chi connectivity index (χ2n) is 8.07. The lowest BCUT2D eigenvalue weighted by Gasteiger charge is -2.16. The van der Waals surface area contributed by atoms with Crippen LogP contribution in [-0.2, 0) is 16.1 Å². The molecule has 1 heterocycles. The minimum atomic E-state index is -0.379. The summed E-state index contributed by atoms with van der Waals surface area (Å²) in [5.41, 5.74) is 3.69. The fraction of sp³-hybridized carbons (Fsp3) is 0.185. The van der Waals surface area contributed by atoms with Crippen LogP contribution in [0.5, 0.6) is 11.5 Å². The summed E-state index contributed by atoms with van der Waals surface area (Å²) < 4.78 is 10.8. The molecule has 0 spiro atoms. The van der Waals surface area contributed by atoms with Gasteiger partial charge in [-0.15, -0.1) is 0 Å². The molecule has 0 aromatic heterocycles. The van der Waals surface area contributed by atoms with Crippen molar-refractivity contribution in [3.8, 4) is 11.5 Å². The van der Waals surface area contributed by atoms with Crippen molar-refractivity contribution < 1.29 is 19.1 Å². The maximum atomic E-state index is 13.5. The molecule has 1 aliphatic rings. The Balaban J connectivity index is 1.76. The molecule has 0 fully saturated rings. The first-order chi connectivity index (χ1) is 16.4. The molecule has 4 rings (SSSR count). The average Bonchev–Trinajstić information content (AvgIpc) is 3.08. The van der Waals surface area contributed by atoms with Crippen LogP contribution in [0.2, 0.25) is 0 Å². The second-order valence-corrected chi connectivity index (χ2v) is 8.07. The van der Waals surface area contributed by atoms with Gasteiger partial charge in [0.2, 0.25) is 0 Å². The number of ether oxygens (including phenoxy) is 2. The standard InChI is InChI=1S/C27H27N3O4/c1-29(2)21-13-11-20(12-14-21)28-25-24(19-10-15-22(33-3)23(16-19)34-4)26(31)30(27(25)32)17-18-8-6-5-7-9-18/h5-16,28H,17H2,1-4H3. The van der Waals surface area contributed by atoms with Gasteiger partial charge in [-0.25, -0.2) is 0 Å². The molecule has 0 atom stereocenters. The lowest BCUT2D eigenvalue weighted by Crippen LogP contribution is -2.32. The molecule has 7 heteroatoms. The number of benzene rings is 3.